The maximum Gasteiger partial charge on any atom is 0.275 e. The number of fused-ring (bicyclic) bond motifs is 1. The summed E-state index contributed by atoms with van der Waals surface area (Å²) in [6.07, 6.45) is 4.89. The van der Waals surface area contributed by atoms with Crippen molar-refractivity contribution in [2.75, 3.05) is 26.3 Å². The molecule has 41 heavy (non-hydrogen) atoms. The first-order valence-corrected chi connectivity index (χ1v) is 15.6. The summed E-state index contributed by atoms with van der Waals surface area (Å²) < 4.78 is 36.5. The maximum atomic E-state index is 13.7. The van der Waals surface area contributed by atoms with Gasteiger partial charge in [-0.25, -0.2) is 13.4 Å². The number of ether oxygens (including phenoxy) is 1. The molecule has 0 unspecified atom stereocenters. The van der Waals surface area contributed by atoms with Gasteiger partial charge in [0, 0.05) is 25.2 Å². The Balaban J connectivity index is 1.76. The molecule has 0 saturated carbocycles. The highest BCUT2D eigenvalue weighted by Gasteiger charge is 2.30. The van der Waals surface area contributed by atoms with E-state index in [1.807, 2.05) is 20.8 Å². The summed E-state index contributed by atoms with van der Waals surface area (Å²) >= 11 is 0. The first-order chi connectivity index (χ1) is 19.8. The van der Waals surface area contributed by atoms with Crippen LogP contribution in [0.1, 0.15) is 68.9 Å². The lowest BCUT2D eigenvalue weighted by atomic mass is 9.95. The van der Waals surface area contributed by atoms with Crippen molar-refractivity contribution in [3.05, 3.63) is 39.8 Å². The van der Waals surface area contributed by atoms with E-state index in [1.54, 1.807) is 16.3 Å². The van der Waals surface area contributed by atoms with Gasteiger partial charge in [0.2, 0.25) is 10.0 Å². The van der Waals surface area contributed by atoms with E-state index in [0.717, 1.165) is 19.1 Å². The molecule has 0 atom stereocenters. The van der Waals surface area contributed by atoms with Crippen LogP contribution in [-0.2, 0) is 27.8 Å². The molecule has 13 heteroatoms. The molecule has 4 rings (SSSR count). The number of hydrogen-bond acceptors (Lipinski definition) is 9. The maximum absolute atomic E-state index is 13.7. The number of H-pyrrole nitrogens is 1. The van der Waals surface area contributed by atoms with Gasteiger partial charge in [-0.3, -0.25) is 19.6 Å². The van der Waals surface area contributed by atoms with Gasteiger partial charge in [-0.15, -0.1) is 0 Å². The summed E-state index contributed by atoms with van der Waals surface area (Å²) in [5, 5.41) is 8.58. The Hall–Kier alpha value is -3.10. The van der Waals surface area contributed by atoms with Gasteiger partial charge in [0.25, 0.3) is 5.56 Å². The topological polar surface area (TPSA) is 156 Å². The first-order valence-electron chi connectivity index (χ1n) is 14.2. The van der Waals surface area contributed by atoms with E-state index in [-0.39, 0.29) is 10.7 Å². The molecule has 0 amide bonds. The van der Waals surface area contributed by atoms with E-state index < -0.39 is 15.6 Å². The minimum Gasteiger partial charge on any atom is -0.493 e. The van der Waals surface area contributed by atoms with Gasteiger partial charge in [0.05, 0.1) is 29.4 Å². The van der Waals surface area contributed by atoms with Crippen LogP contribution in [0.4, 0.5) is 0 Å². The van der Waals surface area contributed by atoms with Crippen LogP contribution in [0.25, 0.3) is 22.4 Å². The number of sulfonamides is 1. The molecule has 0 bridgehead atoms. The summed E-state index contributed by atoms with van der Waals surface area (Å²) in [5.41, 5.74) is 3.52. The predicted molar refractivity (Wildman–Crippen MR) is 154 cm³/mol. The summed E-state index contributed by atoms with van der Waals surface area (Å²) in [7, 11) is -3.83. The van der Waals surface area contributed by atoms with E-state index in [9.17, 15) is 18.0 Å². The van der Waals surface area contributed by atoms with Gasteiger partial charge >= 0.3 is 0 Å². The number of aldehydes is 1. The van der Waals surface area contributed by atoms with Crippen molar-refractivity contribution in [1.82, 2.24) is 24.5 Å². The summed E-state index contributed by atoms with van der Waals surface area (Å²) in [6.45, 7) is 7.71. The fourth-order valence-corrected chi connectivity index (χ4v) is 6.97. The Bertz CT molecular complexity index is 1520. The molecule has 1 aromatic carbocycles. The van der Waals surface area contributed by atoms with Gasteiger partial charge < -0.3 is 14.3 Å². The molecule has 1 aliphatic heterocycles. The number of benzene rings is 1. The number of nitrogens with one attached hydrogen (secondary N) is 2. The Labute approximate surface area is 239 Å². The molecule has 3 heterocycles. The average molecular weight is 590 g/mol. The normalized spacial score (nSPS) is 15.0. The lowest BCUT2D eigenvalue weighted by Gasteiger charge is -2.31. The fourth-order valence-electron chi connectivity index (χ4n) is 5.47. The molecular weight excluding hydrogens is 550 g/mol. The van der Waals surface area contributed by atoms with E-state index in [1.165, 1.54) is 16.4 Å². The monoisotopic (exact) mass is 589 g/mol. The molecule has 1 aliphatic rings. The Morgan fingerprint density at radius 2 is 1.93 bits per heavy atom. The minimum atomic E-state index is -3.83. The molecule has 1 fully saturated rings. The highest BCUT2D eigenvalue weighted by atomic mass is 32.2. The summed E-state index contributed by atoms with van der Waals surface area (Å²) in [5.74, 6) is 0.886. The smallest absolute Gasteiger partial charge is 0.275 e. The highest BCUT2D eigenvalue weighted by molar-refractivity contribution is 7.89. The quantitative estimate of drug-likeness (QED) is 0.145. The second-order valence-electron chi connectivity index (χ2n) is 10.2. The SMILES string of the molecule is CCCOc1ccc(S(=O)(=O)N2CCC(CCONO)CC2)cc1-c1nc2c(CCC)c(C=O)n(CC)c2c(=O)[nH]1. The van der Waals surface area contributed by atoms with Crippen molar-refractivity contribution in [2.24, 2.45) is 5.92 Å². The van der Waals surface area contributed by atoms with Crippen molar-refractivity contribution < 1.29 is 28.0 Å². The van der Waals surface area contributed by atoms with E-state index in [0.29, 0.717) is 98.1 Å². The zero-order chi connectivity index (χ0) is 29.6. The first kappa shape index (κ1) is 30.8. The molecule has 3 N–H and O–H groups in total. The van der Waals surface area contributed by atoms with E-state index in [2.05, 4.69) is 4.98 Å². The summed E-state index contributed by atoms with van der Waals surface area (Å²) in [4.78, 5) is 37.9. The molecule has 0 radical (unpaired) electrons. The number of carbonyl (C=O) groups excluding carboxylic acids is 1. The lowest BCUT2D eigenvalue weighted by Crippen LogP contribution is -2.38. The zero-order valence-corrected chi connectivity index (χ0v) is 24.6. The molecule has 12 nitrogen and oxygen atoms in total. The van der Waals surface area contributed by atoms with Crippen LogP contribution in [0, 0.1) is 5.92 Å². The number of rotatable bonds is 14. The zero-order valence-electron chi connectivity index (χ0n) is 23.8. The van der Waals surface area contributed by atoms with Crippen LogP contribution >= 0.6 is 0 Å². The van der Waals surface area contributed by atoms with Crippen LogP contribution < -0.4 is 15.9 Å². The number of carbonyl (C=O) groups is 1. The van der Waals surface area contributed by atoms with Gasteiger partial charge in [0.15, 0.2) is 6.29 Å². The third-order valence-electron chi connectivity index (χ3n) is 7.55. The summed E-state index contributed by atoms with van der Waals surface area (Å²) in [6, 6.07) is 4.64. The van der Waals surface area contributed by atoms with Crippen LogP contribution in [-0.4, -0.2) is 65.1 Å². The second-order valence-corrected chi connectivity index (χ2v) is 12.1. The molecular formula is C28H39N5O7S. The largest absolute Gasteiger partial charge is 0.493 e. The average Bonchev–Trinajstić information content (AvgIpc) is 3.29. The molecule has 224 valence electrons. The van der Waals surface area contributed by atoms with Crippen molar-refractivity contribution >= 4 is 27.3 Å². The third kappa shape index (κ3) is 6.38. The van der Waals surface area contributed by atoms with Crippen LogP contribution in [0.15, 0.2) is 27.9 Å². The van der Waals surface area contributed by atoms with E-state index in [4.69, 9.17) is 19.8 Å². The third-order valence-corrected chi connectivity index (χ3v) is 9.44. The minimum absolute atomic E-state index is 0.0823. The molecule has 3 aromatic rings. The number of aryl methyl sites for hydroxylation is 2. The number of aromatic amines is 1. The standard InChI is InChI=1S/C28H39N5O7S/c1-4-7-21-23(18-34)33(6-3)26-25(21)29-27(30-28(26)35)22-17-20(8-9-24(22)39-15-5-2)41(37,38)32-13-10-19(11-14-32)12-16-40-31-36/h8-9,17-19,31,36H,4-7,10-16H2,1-3H3,(H,29,30,35). The molecule has 1 saturated heterocycles. The van der Waals surface area contributed by atoms with Gasteiger partial charge in [-0.2, -0.15) is 4.31 Å². The molecule has 2 aromatic heterocycles. The van der Waals surface area contributed by atoms with Crippen molar-refractivity contribution in [3.8, 4) is 17.1 Å². The van der Waals surface area contributed by atoms with Crippen LogP contribution in [0.5, 0.6) is 5.75 Å². The van der Waals surface area contributed by atoms with Crippen LogP contribution in [0.2, 0.25) is 0 Å². The fraction of sp³-hybridized carbons (Fsp3) is 0.536. The Morgan fingerprint density at radius 1 is 1.17 bits per heavy atom. The van der Waals surface area contributed by atoms with Crippen LogP contribution in [0.3, 0.4) is 0 Å². The Morgan fingerprint density at radius 3 is 2.56 bits per heavy atom. The van der Waals surface area contributed by atoms with Crippen molar-refractivity contribution in [1.29, 1.82) is 0 Å². The molecule has 0 spiro atoms. The number of piperidine rings is 1. The number of nitrogens with zero attached hydrogens (tertiary/aromatic N) is 3. The Kier molecular flexibility index (Phi) is 10.3. The highest BCUT2D eigenvalue weighted by Crippen LogP contribution is 2.34. The predicted octanol–water partition coefficient (Wildman–Crippen LogP) is 3.67. The van der Waals surface area contributed by atoms with Crippen molar-refractivity contribution in [2.45, 2.75) is 70.7 Å². The lowest BCUT2D eigenvalue weighted by molar-refractivity contribution is -0.130. The van der Waals surface area contributed by atoms with E-state index >= 15 is 0 Å². The van der Waals surface area contributed by atoms with Gasteiger partial charge in [0.1, 0.15) is 22.6 Å². The number of hydrogen-bond donors (Lipinski definition) is 3. The van der Waals surface area contributed by atoms with Gasteiger partial charge in [-0.1, -0.05) is 25.9 Å². The van der Waals surface area contributed by atoms with Crippen molar-refractivity contribution in [3.63, 3.8) is 0 Å². The second kappa shape index (κ2) is 13.7. The molecule has 0 aliphatic carbocycles. The van der Waals surface area contributed by atoms with Gasteiger partial charge in [-0.05, 0) is 63.1 Å². The number of aromatic nitrogens is 3.